The Kier molecular flexibility index (Phi) is 6.74. The van der Waals surface area contributed by atoms with Gasteiger partial charge in [0.05, 0.1) is 22.9 Å². The smallest absolute Gasteiger partial charge is 0.0897 e. The summed E-state index contributed by atoms with van der Waals surface area (Å²) in [7, 11) is 0. The highest BCUT2D eigenvalue weighted by Gasteiger charge is 2.46. The predicted octanol–water partition coefficient (Wildman–Crippen LogP) is 2.82. The lowest BCUT2D eigenvalue weighted by Crippen LogP contribution is -2.59. The molecule has 1 unspecified atom stereocenters. The fraction of sp³-hybridized carbons (Fsp3) is 0.812. The van der Waals surface area contributed by atoms with Crippen molar-refractivity contribution in [2.24, 2.45) is 0 Å². The minimum absolute atomic E-state index is 0. The third kappa shape index (κ3) is 4.39. The second-order valence-corrected chi connectivity index (χ2v) is 8.02. The van der Waals surface area contributed by atoms with Gasteiger partial charge in [0.25, 0.3) is 0 Å². The van der Waals surface area contributed by atoms with Crippen molar-refractivity contribution in [2.75, 3.05) is 26.2 Å². The number of halogens is 2. The van der Waals surface area contributed by atoms with Gasteiger partial charge >= 0.3 is 0 Å². The molecule has 3 aliphatic rings. The van der Waals surface area contributed by atoms with Crippen molar-refractivity contribution in [3.05, 3.63) is 16.1 Å². The number of thiazole rings is 1. The van der Waals surface area contributed by atoms with E-state index in [0.717, 1.165) is 32.7 Å². The minimum Gasteiger partial charge on any atom is -0.372 e. The Bertz CT molecular complexity index is 501. The fourth-order valence-corrected chi connectivity index (χ4v) is 5.01. The molecule has 2 bridgehead atoms. The minimum atomic E-state index is 0. The van der Waals surface area contributed by atoms with Crippen LogP contribution in [0.5, 0.6) is 0 Å². The number of nitrogens with zero attached hydrogens (tertiary/aromatic N) is 2. The molecule has 7 heteroatoms. The van der Waals surface area contributed by atoms with E-state index in [4.69, 9.17) is 4.74 Å². The lowest BCUT2D eigenvalue weighted by molar-refractivity contribution is -0.131. The molecule has 3 saturated heterocycles. The number of fused-ring (bicyclic) bond motifs is 2. The number of hydrogen-bond donors (Lipinski definition) is 1. The Labute approximate surface area is 155 Å². The molecule has 4 heterocycles. The first-order valence-electron chi connectivity index (χ1n) is 8.24. The first-order chi connectivity index (χ1) is 10.2. The van der Waals surface area contributed by atoms with E-state index in [1.165, 1.54) is 36.4 Å². The highest BCUT2D eigenvalue weighted by molar-refractivity contribution is 7.09. The Morgan fingerprint density at radius 2 is 2.09 bits per heavy atom. The second kappa shape index (κ2) is 7.98. The lowest BCUT2D eigenvalue weighted by Gasteiger charge is -2.47. The summed E-state index contributed by atoms with van der Waals surface area (Å²) in [6.45, 7) is 6.30. The maximum absolute atomic E-state index is 6.28. The van der Waals surface area contributed by atoms with Gasteiger partial charge in [0.1, 0.15) is 0 Å². The van der Waals surface area contributed by atoms with Gasteiger partial charge in [-0.25, -0.2) is 4.98 Å². The molecule has 0 aromatic carbocycles. The van der Waals surface area contributed by atoms with Crippen molar-refractivity contribution in [3.8, 4) is 0 Å². The Balaban J connectivity index is 0.000000960. The van der Waals surface area contributed by atoms with Gasteiger partial charge in [0.2, 0.25) is 0 Å². The van der Waals surface area contributed by atoms with Gasteiger partial charge in [-0.1, -0.05) is 0 Å². The van der Waals surface area contributed by atoms with Crippen LogP contribution in [0.1, 0.15) is 36.4 Å². The van der Waals surface area contributed by atoms with Gasteiger partial charge in [0, 0.05) is 43.5 Å². The average Bonchev–Trinajstić information content (AvgIpc) is 3.03. The summed E-state index contributed by atoms with van der Waals surface area (Å²) in [5.41, 5.74) is 1.39. The third-order valence-corrected chi connectivity index (χ3v) is 6.07. The summed E-state index contributed by atoms with van der Waals surface area (Å²) in [6.07, 6.45) is 6.17. The van der Waals surface area contributed by atoms with E-state index in [1.807, 2.05) is 0 Å². The molecular weight excluding hydrogens is 353 g/mol. The van der Waals surface area contributed by atoms with Crippen molar-refractivity contribution >= 4 is 36.2 Å². The van der Waals surface area contributed by atoms with Crippen LogP contribution >= 0.6 is 36.2 Å². The highest BCUT2D eigenvalue weighted by atomic mass is 35.5. The molecule has 0 aliphatic carbocycles. The van der Waals surface area contributed by atoms with Crippen LogP contribution in [-0.2, 0) is 11.2 Å². The summed E-state index contributed by atoms with van der Waals surface area (Å²) in [4.78, 5) is 7.18. The average molecular weight is 380 g/mol. The molecule has 0 amide bonds. The monoisotopic (exact) mass is 379 g/mol. The van der Waals surface area contributed by atoms with Crippen LogP contribution in [-0.4, -0.2) is 53.8 Å². The topological polar surface area (TPSA) is 37.4 Å². The number of hydrogen-bond acceptors (Lipinski definition) is 5. The molecule has 0 saturated carbocycles. The number of rotatable bonds is 3. The van der Waals surface area contributed by atoms with Crippen LogP contribution in [0.15, 0.2) is 5.38 Å². The largest absolute Gasteiger partial charge is 0.372 e. The number of piperidine rings is 1. The van der Waals surface area contributed by atoms with Crippen LogP contribution in [0.25, 0.3) is 0 Å². The van der Waals surface area contributed by atoms with E-state index in [9.17, 15) is 0 Å². The molecular formula is C16H27Cl2N3OS. The number of aromatic nitrogens is 1. The van der Waals surface area contributed by atoms with Crippen molar-refractivity contribution in [1.82, 2.24) is 15.2 Å². The summed E-state index contributed by atoms with van der Waals surface area (Å²) in [6, 6.07) is 1.40. The SMILES string of the molecule is Cc1nc(CCN2CCOC3(C[C@H]4CC[C@@H](C3)N4)C2)cs1.Cl.Cl. The van der Waals surface area contributed by atoms with E-state index in [0.29, 0.717) is 12.1 Å². The third-order valence-electron chi connectivity index (χ3n) is 5.25. The molecule has 3 fully saturated rings. The molecule has 4 rings (SSSR count). The van der Waals surface area contributed by atoms with E-state index < -0.39 is 0 Å². The van der Waals surface area contributed by atoms with Crippen LogP contribution < -0.4 is 5.32 Å². The van der Waals surface area contributed by atoms with Crippen molar-refractivity contribution in [3.63, 3.8) is 0 Å². The van der Waals surface area contributed by atoms with Crippen LogP contribution in [0.4, 0.5) is 0 Å². The molecule has 132 valence electrons. The quantitative estimate of drug-likeness (QED) is 0.875. The maximum Gasteiger partial charge on any atom is 0.0897 e. The molecule has 23 heavy (non-hydrogen) atoms. The molecule has 1 aromatic heterocycles. The Morgan fingerprint density at radius 3 is 2.74 bits per heavy atom. The summed E-state index contributed by atoms with van der Waals surface area (Å²) >= 11 is 1.76. The standard InChI is InChI=1S/C16H25N3OS.2ClH/c1-12-17-15(10-21-12)4-5-19-6-7-20-16(11-19)8-13-2-3-14(9-16)18-13;;/h10,13-14,18H,2-9,11H2,1H3;2*1H/t13-,14+,16?;;. The van der Waals surface area contributed by atoms with Gasteiger partial charge in [-0.2, -0.15) is 0 Å². The molecule has 1 spiro atoms. The summed E-state index contributed by atoms with van der Waals surface area (Å²) in [5.74, 6) is 0. The molecule has 1 aromatic rings. The summed E-state index contributed by atoms with van der Waals surface area (Å²) < 4.78 is 6.28. The number of ether oxygens (including phenoxy) is 1. The Hall–Kier alpha value is 0.0900. The molecule has 1 N–H and O–H groups in total. The normalized spacial score (nSPS) is 33.3. The zero-order valence-corrected chi connectivity index (χ0v) is 16.1. The first-order valence-corrected chi connectivity index (χ1v) is 9.12. The van der Waals surface area contributed by atoms with Crippen molar-refractivity contribution in [2.45, 2.75) is 56.7 Å². The number of aryl methyl sites for hydroxylation is 1. The van der Waals surface area contributed by atoms with Gasteiger partial charge in [-0.05, 0) is 32.6 Å². The van der Waals surface area contributed by atoms with Crippen molar-refractivity contribution in [1.29, 1.82) is 0 Å². The number of nitrogens with one attached hydrogen (secondary N) is 1. The van der Waals surface area contributed by atoms with Gasteiger partial charge in [0.15, 0.2) is 0 Å². The van der Waals surface area contributed by atoms with E-state index in [2.05, 4.69) is 27.5 Å². The fourth-order valence-electron chi connectivity index (χ4n) is 4.36. The van der Waals surface area contributed by atoms with Crippen LogP contribution in [0.3, 0.4) is 0 Å². The van der Waals surface area contributed by atoms with Crippen LogP contribution in [0.2, 0.25) is 0 Å². The van der Waals surface area contributed by atoms with E-state index >= 15 is 0 Å². The van der Waals surface area contributed by atoms with E-state index in [1.54, 1.807) is 11.3 Å². The van der Waals surface area contributed by atoms with E-state index in [-0.39, 0.29) is 30.4 Å². The first kappa shape index (κ1) is 19.4. The predicted molar refractivity (Wildman–Crippen MR) is 99.4 cm³/mol. The molecule has 3 atom stereocenters. The summed E-state index contributed by atoms with van der Waals surface area (Å²) in [5, 5.41) is 7.11. The second-order valence-electron chi connectivity index (χ2n) is 6.96. The van der Waals surface area contributed by atoms with Gasteiger partial charge in [-0.3, -0.25) is 4.90 Å². The highest BCUT2D eigenvalue weighted by Crippen LogP contribution is 2.38. The Morgan fingerprint density at radius 1 is 1.35 bits per heavy atom. The molecule has 4 nitrogen and oxygen atoms in total. The maximum atomic E-state index is 6.28. The van der Waals surface area contributed by atoms with Gasteiger partial charge < -0.3 is 10.1 Å². The lowest BCUT2D eigenvalue weighted by atomic mass is 9.85. The molecule has 0 radical (unpaired) electrons. The number of morpholine rings is 1. The van der Waals surface area contributed by atoms with Crippen LogP contribution in [0, 0.1) is 6.92 Å². The zero-order valence-electron chi connectivity index (χ0n) is 13.6. The van der Waals surface area contributed by atoms with Gasteiger partial charge in [-0.15, -0.1) is 36.2 Å². The van der Waals surface area contributed by atoms with Crippen molar-refractivity contribution < 1.29 is 4.74 Å². The zero-order chi connectivity index (χ0) is 14.3. The molecule has 3 aliphatic heterocycles.